The first-order chi connectivity index (χ1) is 12.6. The van der Waals surface area contributed by atoms with Gasteiger partial charge in [0.1, 0.15) is 5.82 Å². The van der Waals surface area contributed by atoms with E-state index in [1.807, 2.05) is 19.1 Å². The van der Waals surface area contributed by atoms with E-state index in [-0.39, 0.29) is 11.9 Å². The topological polar surface area (TPSA) is 60.9 Å². The van der Waals surface area contributed by atoms with E-state index in [1.165, 1.54) is 0 Å². The normalized spacial score (nSPS) is 17.2. The Hall–Kier alpha value is -2.50. The number of esters is 1. The molecule has 3 rings (SSSR count). The number of rotatable bonds is 5. The molecule has 1 aromatic heterocycles. The molecule has 1 fully saturated rings. The minimum Gasteiger partial charge on any atom is -0.493 e. The van der Waals surface area contributed by atoms with Crippen molar-refractivity contribution in [2.24, 2.45) is 5.92 Å². The van der Waals surface area contributed by atoms with Crippen molar-refractivity contribution in [2.45, 2.75) is 26.7 Å². The van der Waals surface area contributed by atoms with Crippen molar-refractivity contribution >= 4 is 22.7 Å². The highest BCUT2D eigenvalue weighted by Gasteiger charge is 2.28. The number of carbonyl (C=O) groups is 1. The van der Waals surface area contributed by atoms with Crippen LogP contribution in [0.3, 0.4) is 0 Å². The highest BCUT2D eigenvalue weighted by atomic mass is 16.5. The number of anilines is 1. The Labute approximate surface area is 154 Å². The second-order valence-corrected chi connectivity index (χ2v) is 6.56. The number of ether oxygens (including phenoxy) is 3. The molecule has 0 bridgehead atoms. The minimum absolute atomic E-state index is 0.0908. The summed E-state index contributed by atoms with van der Waals surface area (Å²) in [6.45, 7) is 5.86. The Kier molecular flexibility index (Phi) is 5.49. The zero-order valence-corrected chi connectivity index (χ0v) is 15.9. The average molecular weight is 358 g/mol. The Balaban J connectivity index is 1.93. The summed E-state index contributed by atoms with van der Waals surface area (Å²) in [5.41, 5.74) is 1.97. The molecule has 0 radical (unpaired) electrons. The molecule has 26 heavy (non-hydrogen) atoms. The fraction of sp³-hybridized carbons (Fsp3) is 0.500. The second-order valence-electron chi connectivity index (χ2n) is 6.56. The second kappa shape index (κ2) is 7.81. The van der Waals surface area contributed by atoms with Crippen LogP contribution >= 0.6 is 0 Å². The average Bonchev–Trinajstić information content (AvgIpc) is 2.67. The van der Waals surface area contributed by atoms with E-state index < -0.39 is 0 Å². The van der Waals surface area contributed by atoms with Crippen molar-refractivity contribution in [2.75, 3.05) is 38.8 Å². The summed E-state index contributed by atoms with van der Waals surface area (Å²) in [5.74, 6) is 2.04. The summed E-state index contributed by atoms with van der Waals surface area (Å²) in [4.78, 5) is 19.1. The van der Waals surface area contributed by atoms with Crippen LogP contribution in [0.5, 0.6) is 11.5 Å². The van der Waals surface area contributed by atoms with Crippen molar-refractivity contribution in [3.8, 4) is 11.5 Å². The first-order valence-corrected chi connectivity index (χ1v) is 9.02. The largest absolute Gasteiger partial charge is 0.493 e. The fourth-order valence-electron chi connectivity index (χ4n) is 3.50. The minimum atomic E-state index is -0.110. The number of carbonyl (C=O) groups excluding carboxylic acids is 1. The van der Waals surface area contributed by atoms with Crippen molar-refractivity contribution in [3.63, 3.8) is 0 Å². The van der Waals surface area contributed by atoms with Gasteiger partial charge in [0.15, 0.2) is 11.5 Å². The maximum atomic E-state index is 12.1. The van der Waals surface area contributed by atoms with Crippen molar-refractivity contribution in [1.29, 1.82) is 0 Å². The molecule has 2 heterocycles. The Bertz CT molecular complexity index is 806. The van der Waals surface area contributed by atoms with E-state index in [1.54, 1.807) is 14.2 Å². The molecule has 1 aliphatic heterocycles. The monoisotopic (exact) mass is 358 g/mol. The fourth-order valence-corrected chi connectivity index (χ4v) is 3.50. The summed E-state index contributed by atoms with van der Waals surface area (Å²) in [6, 6.07) is 5.93. The molecule has 6 nitrogen and oxygen atoms in total. The first-order valence-electron chi connectivity index (χ1n) is 9.02. The molecule has 2 aromatic rings. The van der Waals surface area contributed by atoms with Gasteiger partial charge in [0.2, 0.25) is 0 Å². The third-order valence-corrected chi connectivity index (χ3v) is 4.87. The highest BCUT2D eigenvalue weighted by molar-refractivity contribution is 5.87. The summed E-state index contributed by atoms with van der Waals surface area (Å²) >= 11 is 0. The maximum absolute atomic E-state index is 12.1. The molecule has 140 valence electrons. The lowest BCUT2D eigenvalue weighted by atomic mass is 9.98. The molecule has 1 atom stereocenters. The van der Waals surface area contributed by atoms with Crippen LogP contribution in [0.1, 0.15) is 25.3 Å². The van der Waals surface area contributed by atoms with Gasteiger partial charge < -0.3 is 19.1 Å². The summed E-state index contributed by atoms with van der Waals surface area (Å²) in [6.07, 6.45) is 1.82. The summed E-state index contributed by atoms with van der Waals surface area (Å²) in [7, 11) is 3.25. The van der Waals surface area contributed by atoms with Crippen LogP contribution in [0.15, 0.2) is 18.2 Å². The quantitative estimate of drug-likeness (QED) is 0.764. The Morgan fingerprint density at radius 2 is 1.96 bits per heavy atom. The smallest absolute Gasteiger partial charge is 0.310 e. The summed E-state index contributed by atoms with van der Waals surface area (Å²) in [5, 5.41) is 1.03. The van der Waals surface area contributed by atoms with Crippen molar-refractivity contribution in [3.05, 3.63) is 23.8 Å². The van der Waals surface area contributed by atoms with Gasteiger partial charge in [-0.15, -0.1) is 0 Å². The highest BCUT2D eigenvalue weighted by Crippen LogP contribution is 2.34. The lowest BCUT2D eigenvalue weighted by Crippen LogP contribution is -2.39. The predicted molar refractivity (Wildman–Crippen MR) is 101 cm³/mol. The lowest BCUT2D eigenvalue weighted by Gasteiger charge is -2.32. The molecular formula is C20H26N2O4. The van der Waals surface area contributed by atoms with Gasteiger partial charge >= 0.3 is 5.97 Å². The summed E-state index contributed by atoms with van der Waals surface area (Å²) < 4.78 is 16.0. The maximum Gasteiger partial charge on any atom is 0.310 e. The molecule has 0 amide bonds. The van der Waals surface area contributed by atoms with Crippen LogP contribution in [-0.4, -0.2) is 44.9 Å². The number of benzene rings is 1. The Morgan fingerprint density at radius 3 is 2.65 bits per heavy atom. The van der Waals surface area contributed by atoms with Gasteiger partial charge in [-0.05, 0) is 44.4 Å². The van der Waals surface area contributed by atoms with Gasteiger partial charge in [0.05, 0.1) is 32.3 Å². The van der Waals surface area contributed by atoms with E-state index in [2.05, 4.69) is 17.9 Å². The molecule has 0 N–H and O–H groups in total. The Morgan fingerprint density at radius 1 is 1.23 bits per heavy atom. The number of pyridine rings is 1. The lowest BCUT2D eigenvalue weighted by molar-refractivity contribution is -0.148. The van der Waals surface area contributed by atoms with Crippen LogP contribution in [0.4, 0.5) is 5.82 Å². The van der Waals surface area contributed by atoms with Crippen LogP contribution in [-0.2, 0) is 9.53 Å². The van der Waals surface area contributed by atoms with E-state index in [4.69, 9.17) is 19.2 Å². The van der Waals surface area contributed by atoms with Gasteiger partial charge in [-0.2, -0.15) is 0 Å². The van der Waals surface area contributed by atoms with Crippen LogP contribution in [0.2, 0.25) is 0 Å². The molecule has 1 saturated heterocycles. The molecule has 1 aromatic carbocycles. The number of nitrogens with zero attached hydrogens (tertiary/aromatic N) is 2. The SMILES string of the molecule is CCOC(=O)C1CCCN(c2cc(C)c3cc(OC)c(OC)cc3n2)C1. The third-order valence-electron chi connectivity index (χ3n) is 4.87. The molecule has 1 unspecified atom stereocenters. The molecule has 0 spiro atoms. The number of fused-ring (bicyclic) bond motifs is 1. The van der Waals surface area contributed by atoms with Gasteiger partial charge in [0.25, 0.3) is 0 Å². The van der Waals surface area contributed by atoms with Crippen molar-refractivity contribution < 1.29 is 19.0 Å². The van der Waals surface area contributed by atoms with Gasteiger partial charge in [-0.25, -0.2) is 4.98 Å². The number of hydrogen-bond donors (Lipinski definition) is 0. The molecule has 1 aliphatic rings. The number of piperidine rings is 1. The zero-order valence-electron chi connectivity index (χ0n) is 15.9. The van der Waals surface area contributed by atoms with Crippen LogP contribution < -0.4 is 14.4 Å². The van der Waals surface area contributed by atoms with Gasteiger partial charge in [-0.1, -0.05) is 0 Å². The first kappa shape index (κ1) is 18.3. The van der Waals surface area contributed by atoms with Gasteiger partial charge in [0, 0.05) is 24.5 Å². The molecule has 0 aliphatic carbocycles. The molecule has 6 heteroatoms. The van der Waals surface area contributed by atoms with Crippen LogP contribution in [0.25, 0.3) is 10.9 Å². The van der Waals surface area contributed by atoms with Crippen molar-refractivity contribution in [1.82, 2.24) is 4.98 Å². The van der Waals surface area contributed by atoms with Gasteiger partial charge in [-0.3, -0.25) is 4.79 Å². The number of aromatic nitrogens is 1. The van der Waals surface area contributed by atoms with E-state index in [9.17, 15) is 4.79 Å². The zero-order chi connectivity index (χ0) is 18.7. The third kappa shape index (κ3) is 3.54. The van der Waals surface area contributed by atoms with E-state index >= 15 is 0 Å². The predicted octanol–water partition coefficient (Wildman–Crippen LogP) is 3.34. The van der Waals surface area contributed by atoms with Crippen LogP contribution in [0, 0.1) is 12.8 Å². The van der Waals surface area contributed by atoms with E-state index in [0.29, 0.717) is 24.7 Å². The van der Waals surface area contributed by atoms with E-state index in [0.717, 1.165) is 41.7 Å². The number of aryl methyl sites for hydroxylation is 1. The molecular weight excluding hydrogens is 332 g/mol. The number of methoxy groups -OCH3 is 2. The number of hydrogen-bond acceptors (Lipinski definition) is 6. The standard InChI is InChI=1S/C20H26N2O4/c1-5-26-20(23)14-7-6-8-22(12-14)19-9-13(2)15-10-17(24-3)18(25-4)11-16(15)21-19/h9-11,14H,5-8,12H2,1-4H3. The molecule has 0 saturated carbocycles.